The number of nitrogens with one attached hydrogen (secondary N) is 1. The van der Waals surface area contributed by atoms with Gasteiger partial charge in [-0.25, -0.2) is 4.98 Å². The van der Waals surface area contributed by atoms with Gasteiger partial charge in [0.15, 0.2) is 0 Å². The van der Waals surface area contributed by atoms with Crippen LogP contribution in [0.25, 0.3) is 11.0 Å². The monoisotopic (exact) mass is 407 g/mol. The summed E-state index contributed by atoms with van der Waals surface area (Å²) in [5, 5.41) is 3.66. The Morgan fingerprint density at radius 2 is 1.68 bits per heavy atom. The first-order chi connectivity index (χ1) is 13.7. The van der Waals surface area contributed by atoms with Crippen molar-refractivity contribution in [3.8, 4) is 0 Å². The first-order valence-electron chi connectivity index (χ1n) is 8.86. The van der Waals surface area contributed by atoms with Gasteiger partial charge in [0.05, 0.1) is 16.8 Å². The second-order valence-corrected chi connectivity index (χ2v) is 7.74. The van der Waals surface area contributed by atoms with Crippen molar-refractivity contribution in [2.75, 3.05) is 5.32 Å². The van der Waals surface area contributed by atoms with E-state index in [0.29, 0.717) is 10.8 Å². The summed E-state index contributed by atoms with van der Waals surface area (Å²) < 4.78 is 1.98. The Kier molecular flexibility index (Phi) is 5.65. The molecule has 0 aliphatic carbocycles. The van der Waals surface area contributed by atoms with E-state index in [9.17, 15) is 4.79 Å². The van der Waals surface area contributed by atoms with Crippen LogP contribution in [0, 0.1) is 0 Å². The number of carbonyl (C=O) groups is 1. The fraction of sp³-hybridized carbons (Fsp3) is 0.0909. The maximum Gasteiger partial charge on any atom is 0.244 e. The van der Waals surface area contributed by atoms with Crippen LogP contribution in [-0.4, -0.2) is 15.5 Å². The fourth-order valence-corrected chi connectivity index (χ4v) is 3.93. The minimum absolute atomic E-state index is 0.0768. The molecular formula is C22H18ClN3OS. The number of para-hydroxylation sites is 3. The number of aromatic nitrogens is 2. The second-order valence-electron chi connectivity index (χ2n) is 6.26. The first kappa shape index (κ1) is 18.6. The molecule has 0 radical (unpaired) electrons. The summed E-state index contributed by atoms with van der Waals surface area (Å²) in [6.45, 7) is 0.214. The van der Waals surface area contributed by atoms with Gasteiger partial charge in [0, 0.05) is 15.6 Å². The zero-order valence-electron chi connectivity index (χ0n) is 15.0. The molecule has 0 spiro atoms. The lowest BCUT2D eigenvalue weighted by Crippen LogP contribution is -2.20. The van der Waals surface area contributed by atoms with Crippen molar-refractivity contribution in [2.45, 2.75) is 17.2 Å². The smallest absolute Gasteiger partial charge is 0.244 e. The molecule has 0 atom stereocenters. The fourth-order valence-electron chi connectivity index (χ4n) is 2.96. The molecule has 0 aliphatic rings. The number of halogens is 1. The minimum Gasteiger partial charge on any atom is -0.325 e. The highest BCUT2D eigenvalue weighted by atomic mass is 35.5. The Morgan fingerprint density at radius 3 is 2.46 bits per heavy atom. The van der Waals surface area contributed by atoms with Crippen molar-refractivity contribution >= 4 is 46.0 Å². The van der Waals surface area contributed by atoms with Gasteiger partial charge in [0.1, 0.15) is 12.4 Å². The number of hydrogen-bond acceptors (Lipinski definition) is 3. The number of rotatable bonds is 6. The van der Waals surface area contributed by atoms with Gasteiger partial charge in [-0.15, -0.1) is 11.8 Å². The number of anilines is 1. The molecule has 0 bridgehead atoms. The Morgan fingerprint density at radius 1 is 0.964 bits per heavy atom. The van der Waals surface area contributed by atoms with Crippen LogP contribution in [0.4, 0.5) is 5.69 Å². The summed E-state index contributed by atoms with van der Waals surface area (Å²) in [6.07, 6.45) is 0. The van der Waals surface area contributed by atoms with Crippen LogP contribution in [0.15, 0.2) is 83.8 Å². The van der Waals surface area contributed by atoms with E-state index in [4.69, 9.17) is 16.6 Å². The molecule has 0 aliphatic heterocycles. The largest absolute Gasteiger partial charge is 0.325 e. The molecular weight excluding hydrogens is 390 g/mol. The number of fused-ring (bicyclic) bond motifs is 1. The van der Waals surface area contributed by atoms with E-state index >= 15 is 0 Å². The van der Waals surface area contributed by atoms with Crippen LogP contribution in [0.3, 0.4) is 0 Å². The molecule has 1 aromatic heterocycles. The van der Waals surface area contributed by atoms with Gasteiger partial charge in [0.2, 0.25) is 5.91 Å². The second kappa shape index (κ2) is 8.50. The number of nitrogens with zero attached hydrogens (tertiary/aromatic N) is 2. The van der Waals surface area contributed by atoms with E-state index < -0.39 is 0 Å². The molecule has 0 saturated carbocycles. The summed E-state index contributed by atoms with van der Waals surface area (Å²) >= 11 is 7.63. The Labute approximate surface area is 172 Å². The topological polar surface area (TPSA) is 46.9 Å². The van der Waals surface area contributed by atoms with Gasteiger partial charge < -0.3 is 9.88 Å². The first-order valence-corrected chi connectivity index (χ1v) is 10.2. The highest BCUT2D eigenvalue weighted by molar-refractivity contribution is 7.98. The molecule has 3 aromatic carbocycles. The van der Waals surface area contributed by atoms with Crippen molar-refractivity contribution < 1.29 is 4.79 Å². The maximum absolute atomic E-state index is 12.6. The molecule has 28 heavy (non-hydrogen) atoms. The zero-order chi connectivity index (χ0) is 19.3. The van der Waals surface area contributed by atoms with Crippen LogP contribution in [0.1, 0.15) is 5.82 Å². The van der Waals surface area contributed by atoms with E-state index in [2.05, 4.69) is 5.32 Å². The number of benzene rings is 3. The number of amides is 1. The van der Waals surface area contributed by atoms with Crippen molar-refractivity contribution in [1.29, 1.82) is 0 Å². The average Bonchev–Trinajstić information content (AvgIpc) is 3.06. The van der Waals surface area contributed by atoms with E-state index in [1.807, 2.05) is 83.4 Å². The van der Waals surface area contributed by atoms with Crippen LogP contribution < -0.4 is 5.32 Å². The normalized spacial score (nSPS) is 10.9. The van der Waals surface area contributed by atoms with Gasteiger partial charge in [0.25, 0.3) is 0 Å². The lowest BCUT2D eigenvalue weighted by atomic mass is 10.3. The summed E-state index contributed by atoms with van der Waals surface area (Å²) in [5.74, 6) is 1.45. The third-order valence-corrected chi connectivity index (χ3v) is 5.53. The molecule has 140 valence electrons. The van der Waals surface area contributed by atoms with Gasteiger partial charge >= 0.3 is 0 Å². The highest BCUT2D eigenvalue weighted by Crippen LogP contribution is 2.26. The number of hydrogen-bond donors (Lipinski definition) is 1. The number of carbonyl (C=O) groups excluding carboxylic acids is 1. The van der Waals surface area contributed by atoms with Crippen molar-refractivity contribution in [1.82, 2.24) is 9.55 Å². The average molecular weight is 408 g/mol. The zero-order valence-corrected chi connectivity index (χ0v) is 16.6. The molecule has 1 heterocycles. The molecule has 4 rings (SSSR count). The quantitative estimate of drug-likeness (QED) is 0.422. The van der Waals surface area contributed by atoms with E-state index in [1.54, 1.807) is 11.8 Å². The Balaban J connectivity index is 1.56. The molecule has 0 saturated heterocycles. The van der Waals surface area contributed by atoms with Crippen LogP contribution in [0.2, 0.25) is 5.02 Å². The number of imidazole rings is 1. The lowest BCUT2D eigenvalue weighted by molar-refractivity contribution is -0.116. The third kappa shape index (κ3) is 4.38. The molecule has 6 heteroatoms. The third-order valence-electron chi connectivity index (χ3n) is 4.27. The number of thioether (sulfide) groups is 1. The Hall–Kier alpha value is -2.76. The summed E-state index contributed by atoms with van der Waals surface area (Å²) in [4.78, 5) is 18.5. The predicted molar refractivity (Wildman–Crippen MR) is 116 cm³/mol. The maximum atomic E-state index is 12.6. The molecule has 1 N–H and O–H groups in total. The SMILES string of the molecule is O=C(Cn1c(CSc2ccc(Cl)cc2)nc2ccccc21)Nc1ccccc1. The lowest BCUT2D eigenvalue weighted by Gasteiger charge is -2.10. The van der Waals surface area contributed by atoms with Crippen LogP contribution in [0.5, 0.6) is 0 Å². The molecule has 4 aromatic rings. The van der Waals surface area contributed by atoms with Crippen molar-refractivity contribution in [3.05, 3.63) is 89.7 Å². The summed E-state index contributed by atoms with van der Waals surface area (Å²) in [6, 6.07) is 25.1. The van der Waals surface area contributed by atoms with Crippen LogP contribution >= 0.6 is 23.4 Å². The van der Waals surface area contributed by atoms with Gasteiger partial charge in [-0.2, -0.15) is 0 Å². The predicted octanol–water partition coefficient (Wildman–Crippen LogP) is 5.62. The minimum atomic E-state index is -0.0768. The van der Waals surface area contributed by atoms with Gasteiger partial charge in [-0.1, -0.05) is 41.9 Å². The van der Waals surface area contributed by atoms with Crippen molar-refractivity contribution in [2.24, 2.45) is 0 Å². The molecule has 4 nitrogen and oxygen atoms in total. The summed E-state index contributed by atoms with van der Waals surface area (Å²) in [5.41, 5.74) is 2.63. The van der Waals surface area contributed by atoms with E-state index in [0.717, 1.165) is 27.4 Å². The standard InChI is InChI=1S/C22H18ClN3OS/c23-16-10-12-18(13-11-16)28-15-21-25-19-8-4-5-9-20(19)26(21)14-22(27)24-17-6-2-1-3-7-17/h1-13H,14-15H2,(H,24,27). The summed E-state index contributed by atoms with van der Waals surface area (Å²) in [7, 11) is 0. The highest BCUT2D eigenvalue weighted by Gasteiger charge is 2.14. The van der Waals surface area contributed by atoms with Crippen molar-refractivity contribution in [3.63, 3.8) is 0 Å². The molecule has 0 unspecified atom stereocenters. The Bertz CT molecular complexity index is 1090. The van der Waals surface area contributed by atoms with Crippen LogP contribution in [-0.2, 0) is 17.1 Å². The van der Waals surface area contributed by atoms with Gasteiger partial charge in [-0.05, 0) is 48.5 Å². The van der Waals surface area contributed by atoms with Gasteiger partial charge in [-0.3, -0.25) is 4.79 Å². The van der Waals surface area contributed by atoms with E-state index in [-0.39, 0.29) is 12.5 Å². The van der Waals surface area contributed by atoms with E-state index in [1.165, 1.54) is 0 Å². The molecule has 0 fully saturated rings. The molecule has 1 amide bonds.